The van der Waals surface area contributed by atoms with Crippen LogP contribution in [0.1, 0.15) is 30.4 Å². The Morgan fingerprint density at radius 2 is 1.42 bits per heavy atom. The molecule has 24 heavy (non-hydrogen) atoms. The van der Waals surface area contributed by atoms with Crippen molar-refractivity contribution in [3.05, 3.63) is 71.8 Å². The fourth-order valence-corrected chi connectivity index (χ4v) is 4.08. The van der Waals surface area contributed by atoms with Crippen LogP contribution in [-0.4, -0.2) is 35.0 Å². The predicted molar refractivity (Wildman–Crippen MR) is 95.0 cm³/mol. The minimum Gasteiger partial charge on any atom is -0.384 e. The summed E-state index contributed by atoms with van der Waals surface area (Å²) in [6, 6.07) is 20.6. The smallest absolute Gasteiger partial charge is 0.137 e. The second kappa shape index (κ2) is 7.45. The molecule has 0 aliphatic heterocycles. The topological polar surface area (TPSA) is 20.2 Å². The Bertz CT molecular complexity index is 589. The molecule has 3 atom stereocenters. The first kappa shape index (κ1) is 17.1. The molecule has 3 heteroatoms. The van der Waals surface area contributed by atoms with Crippen LogP contribution < -0.4 is 0 Å². The van der Waals surface area contributed by atoms with E-state index in [-0.39, 0.29) is 6.04 Å². The molecule has 0 amide bonds. The van der Waals surface area contributed by atoms with Crippen LogP contribution in [0.25, 0.3) is 0 Å². The maximum absolute atomic E-state index is 14.2. The number of hydrogen-bond donors (Lipinski definition) is 1. The van der Waals surface area contributed by atoms with Gasteiger partial charge < -0.3 is 9.59 Å². The first-order chi connectivity index (χ1) is 11.6. The van der Waals surface area contributed by atoms with Crippen LogP contribution in [0.15, 0.2) is 60.7 Å². The van der Waals surface area contributed by atoms with E-state index in [2.05, 4.69) is 31.3 Å². The maximum Gasteiger partial charge on any atom is 0.137 e. The minimum absolute atomic E-state index is 0.0748. The number of benzene rings is 2. The van der Waals surface area contributed by atoms with Gasteiger partial charge in [-0.3, -0.25) is 0 Å². The van der Waals surface area contributed by atoms with Crippen molar-refractivity contribution in [3.8, 4) is 0 Å². The average Bonchev–Trinajstić information content (AvgIpc) is 2.59. The third-order valence-electron chi connectivity index (χ3n) is 5.32. The van der Waals surface area contributed by atoms with Gasteiger partial charge in [0.15, 0.2) is 0 Å². The number of quaternary nitrogens is 1. The van der Waals surface area contributed by atoms with Gasteiger partial charge >= 0.3 is 0 Å². The largest absolute Gasteiger partial charge is 0.384 e. The Labute approximate surface area is 144 Å². The molecule has 3 rings (SSSR count). The predicted octanol–water partition coefficient (Wildman–Crippen LogP) is 4.08. The maximum atomic E-state index is 14.2. The molecule has 0 saturated heterocycles. The quantitative estimate of drug-likeness (QED) is 0.820. The third kappa shape index (κ3) is 3.85. The number of likely N-dealkylation sites (N-methyl/N-ethyl adjacent to an activating group) is 1. The van der Waals surface area contributed by atoms with E-state index in [0.29, 0.717) is 10.9 Å². The molecule has 2 aromatic rings. The van der Waals surface area contributed by atoms with Gasteiger partial charge in [-0.25, -0.2) is 4.39 Å². The summed E-state index contributed by atoms with van der Waals surface area (Å²) in [4.78, 5) is 0. The summed E-state index contributed by atoms with van der Waals surface area (Å²) in [5, 5.41) is 10.5. The standard InChI is InChI=1S/C21H27FNO/c1-23(15-17-9-4-2-5-10-17,16-18-11-6-3-7-12-18)20-14-8-13-19(22)21(20)24/h2-7,9-12,19-21,24H,8,13-16H2,1H3/q+1/t19-,20-,21+/m1/s1. The zero-order valence-corrected chi connectivity index (χ0v) is 14.3. The monoisotopic (exact) mass is 328 g/mol. The lowest BCUT2D eigenvalue weighted by atomic mass is 9.87. The number of aliphatic hydroxyl groups excluding tert-OH is 1. The van der Waals surface area contributed by atoms with Crippen LogP contribution in [0.4, 0.5) is 4.39 Å². The lowest BCUT2D eigenvalue weighted by Gasteiger charge is -2.46. The first-order valence-corrected chi connectivity index (χ1v) is 8.83. The molecule has 1 saturated carbocycles. The summed E-state index contributed by atoms with van der Waals surface area (Å²) in [5.41, 5.74) is 2.45. The van der Waals surface area contributed by atoms with Crippen molar-refractivity contribution in [1.82, 2.24) is 0 Å². The Morgan fingerprint density at radius 3 is 1.92 bits per heavy atom. The van der Waals surface area contributed by atoms with Gasteiger partial charge in [-0.2, -0.15) is 0 Å². The summed E-state index contributed by atoms with van der Waals surface area (Å²) in [6.07, 6.45) is 0.218. The molecule has 1 N–H and O–H groups in total. The van der Waals surface area contributed by atoms with E-state index in [1.165, 1.54) is 11.1 Å². The Morgan fingerprint density at radius 1 is 0.917 bits per heavy atom. The highest BCUT2D eigenvalue weighted by Gasteiger charge is 2.44. The second-order valence-electron chi connectivity index (χ2n) is 7.27. The highest BCUT2D eigenvalue weighted by Crippen LogP contribution is 2.33. The fraction of sp³-hybridized carbons (Fsp3) is 0.429. The Hall–Kier alpha value is -1.71. The van der Waals surface area contributed by atoms with Gasteiger partial charge in [-0.15, -0.1) is 0 Å². The molecule has 0 spiro atoms. The number of rotatable bonds is 5. The van der Waals surface area contributed by atoms with Gasteiger partial charge in [0.25, 0.3) is 0 Å². The van der Waals surface area contributed by atoms with Gasteiger partial charge in [0, 0.05) is 17.5 Å². The normalized spacial score (nSPS) is 24.7. The van der Waals surface area contributed by atoms with Crippen LogP contribution in [0.5, 0.6) is 0 Å². The van der Waals surface area contributed by atoms with Crippen LogP contribution in [0, 0.1) is 0 Å². The van der Waals surface area contributed by atoms with Crippen molar-refractivity contribution in [2.45, 2.75) is 50.7 Å². The van der Waals surface area contributed by atoms with Gasteiger partial charge in [0.05, 0.1) is 7.05 Å². The van der Waals surface area contributed by atoms with Gasteiger partial charge in [-0.1, -0.05) is 60.7 Å². The molecule has 1 fully saturated rings. The van der Waals surface area contributed by atoms with Crippen LogP contribution in [0.3, 0.4) is 0 Å². The number of halogens is 1. The molecule has 128 valence electrons. The molecule has 0 bridgehead atoms. The van der Waals surface area contributed by atoms with Crippen molar-refractivity contribution in [2.24, 2.45) is 0 Å². The van der Waals surface area contributed by atoms with Crippen LogP contribution in [0.2, 0.25) is 0 Å². The number of hydrogen-bond acceptors (Lipinski definition) is 1. The van der Waals surface area contributed by atoms with E-state index in [4.69, 9.17) is 0 Å². The van der Waals surface area contributed by atoms with Crippen molar-refractivity contribution in [1.29, 1.82) is 0 Å². The number of alkyl halides is 1. The van der Waals surface area contributed by atoms with E-state index >= 15 is 0 Å². The molecule has 0 radical (unpaired) electrons. The summed E-state index contributed by atoms with van der Waals surface area (Å²) in [7, 11) is 2.16. The zero-order valence-electron chi connectivity index (χ0n) is 14.3. The van der Waals surface area contributed by atoms with E-state index in [1.807, 2.05) is 36.4 Å². The highest BCUT2D eigenvalue weighted by molar-refractivity contribution is 5.15. The zero-order chi connectivity index (χ0) is 17.0. The second-order valence-corrected chi connectivity index (χ2v) is 7.27. The van der Waals surface area contributed by atoms with E-state index in [0.717, 1.165) is 25.9 Å². The summed E-state index contributed by atoms with van der Waals surface area (Å²) in [6.45, 7) is 1.59. The third-order valence-corrected chi connectivity index (χ3v) is 5.32. The molecule has 2 nitrogen and oxygen atoms in total. The molecule has 1 aliphatic carbocycles. The first-order valence-electron chi connectivity index (χ1n) is 8.83. The Balaban J connectivity index is 1.90. The molecular formula is C21H27FNO+. The van der Waals surface area contributed by atoms with Crippen molar-refractivity contribution in [2.75, 3.05) is 7.05 Å². The van der Waals surface area contributed by atoms with E-state index in [1.54, 1.807) is 0 Å². The molecule has 1 aliphatic rings. The lowest BCUT2D eigenvalue weighted by molar-refractivity contribution is -0.963. The lowest BCUT2D eigenvalue weighted by Crippen LogP contribution is -2.59. The van der Waals surface area contributed by atoms with Gasteiger partial charge in [0.1, 0.15) is 31.4 Å². The highest BCUT2D eigenvalue weighted by atomic mass is 19.1. The van der Waals surface area contributed by atoms with Crippen LogP contribution in [-0.2, 0) is 13.1 Å². The summed E-state index contributed by atoms with van der Waals surface area (Å²) in [5.74, 6) is 0. The van der Waals surface area contributed by atoms with Crippen LogP contribution >= 0.6 is 0 Å². The van der Waals surface area contributed by atoms with Crippen molar-refractivity contribution < 1.29 is 14.0 Å². The van der Waals surface area contributed by atoms with E-state index < -0.39 is 12.3 Å². The summed E-state index contributed by atoms with van der Waals surface area (Å²) >= 11 is 0. The average molecular weight is 328 g/mol. The summed E-state index contributed by atoms with van der Waals surface area (Å²) < 4.78 is 14.8. The molecule has 0 aromatic heterocycles. The van der Waals surface area contributed by atoms with Gasteiger partial charge in [0.2, 0.25) is 0 Å². The fourth-order valence-electron chi connectivity index (χ4n) is 4.08. The van der Waals surface area contributed by atoms with Crippen molar-refractivity contribution in [3.63, 3.8) is 0 Å². The SMILES string of the molecule is C[N+](Cc1ccccc1)(Cc1ccccc1)[C@@H]1CCC[C@@H](F)[C@@H]1O. The Kier molecular flexibility index (Phi) is 5.32. The van der Waals surface area contributed by atoms with Crippen molar-refractivity contribution >= 4 is 0 Å². The molecule has 2 aromatic carbocycles. The molecule has 0 unspecified atom stereocenters. The minimum atomic E-state index is -1.10. The number of aliphatic hydroxyl groups is 1. The number of nitrogens with zero attached hydrogens (tertiary/aromatic N) is 1. The van der Waals surface area contributed by atoms with E-state index in [9.17, 15) is 9.50 Å². The molecule has 0 heterocycles. The van der Waals surface area contributed by atoms with Gasteiger partial charge in [-0.05, 0) is 12.8 Å². The molecular weight excluding hydrogens is 301 g/mol.